The van der Waals surface area contributed by atoms with Gasteiger partial charge in [-0.15, -0.1) is 0 Å². The molecule has 6 nitrogen and oxygen atoms in total. The summed E-state index contributed by atoms with van der Waals surface area (Å²) in [5.74, 6) is 0.839. The Hall–Kier alpha value is -3.28. The Morgan fingerprint density at radius 1 is 1.12 bits per heavy atom. The molecule has 2 N–H and O–H groups in total. The summed E-state index contributed by atoms with van der Waals surface area (Å²) in [6.45, 7) is -0.164. The maximum absolute atomic E-state index is 12.0. The fraction of sp³-hybridized carbons (Fsp3) is 0.111. The van der Waals surface area contributed by atoms with Crippen molar-refractivity contribution in [2.45, 2.75) is 0 Å². The molecule has 0 fully saturated rings. The number of rotatable bonds is 5. The van der Waals surface area contributed by atoms with Crippen LogP contribution in [0.25, 0.3) is 10.8 Å². The van der Waals surface area contributed by atoms with Crippen LogP contribution in [-0.2, 0) is 4.79 Å². The van der Waals surface area contributed by atoms with E-state index in [0.29, 0.717) is 28.0 Å². The molecular formula is C18H16N2O4. The lowest BCUT2D eigenvalue weighted by molar-refractivity contribution is -0.118. The number of fused-ring (bicyclic) bond motifs is 1. The third kappa shape index (κ3) is 3.38. The molecule has 24 heavy (non-hydrogen) atoms. The zero-order chi connectivity index (χ0) is 16.9. The maximum Gasteiger partial charge on any atom is 0.262 e. The minimum absolute atomic E-state index is 0.164. The highest BCUT2D eigenvalue weighted by Gasteiger charge is 2.08. The fourth-order valence-corrected chi connectivity index (χ4v) is 2.36. The van der Waals surface area contributed by atoms with Gasteiger partial charge in [-0.05, 0) is 30.3 Å². The van der Waals surface area contributed by atoms with Gasteiger partial charge in [-0.1, -0.05) is 12.1 Å². The molecule has 0 aliphatic rings. The molecule has 2 aromatic carbocycles. The number of nitrogens with one attached hydrogen (secondary N) is 2. The Morgan fingerprint density at radius 2 is 1.96 bits per heavy atom. The smallest absolute Gasteiger partial charge is 0.262 e. The molecule has 122 valence electrons. The van der Waals surface area contributed by atoms with E-state index in [2.05, 4.69) is 10.3 Å². The Bertz CT molecular complexity index is 933. The molecule has 0 aliphatic carbocycles. The molecule has 0 aliphatic heterocycles. The van der Waals surface area contributed by atoms with E-state index >= 15 is 0 Å². The predicted octanol–water partition coefficient (Wildman–Crippen LogP) is 2.55. The molecule has 1 amide bonds. The van der Waals surface area contributed by atoms with E-state index in [1.54, 1.807) is 61.8 Å². The number of carbonyl (C=O) groups is 1. The van der Waals surface area contributed by atoms with Crippen LogP contribution >= 0.6 is 0 Å². The Morgan fingerprint density at radius 3 is 2.79 bits per heavy atom. The number of aromatic amines is 1. The number of anilines is 1. The Kier molecular flexibility index (Phi) is 4.47. The van der Waals surface area contributed by atoms with Gasteiger partial charge < -0.3 is 19.8 Å². The lowest BCUT2D eigenvalue weighted by atomic mass is 10.1. The summed E-state index contributed by atoms with van der Waals surface area (Å²) >= 11 is 0. The maximum atomic E-state index is 12.0. The zero-order valence-electron chi connectivity index (χ0n) is 13.0. The van der Waals surface area contributed by atoms with Gasteiger partial charge in [0.1, 0.15) is 11.5 Å². The van der Waals surface area contributed by atoms with Gasteiger partial charge in [-0.25, -0.2) is 0 Å². The summed E-state index contributed by atoms with van der Waals surface area (Å²) < 4.78 is 10.7. The molecule has 6 heteroatoms. The van der Waals surface area contributed by atoms with Crippen LogP contribution in [0.15, 0.2) is 59.5 Å². The normalized spacial score (nSPS) is 10.4. The fourth-order valence-electron chi connectivity index (χ4n) is 2.36. The number of benzene rings is 2. The summed E-state index contributed by atoms with van der Waals surface area (Å²) in [4.78, 5) is 26.4. The van der Waals surface area contributed by atoms with E-state index in [1.165, 1.54) is 0 Å². The van der Waals surface area contributed by atoms with Crippen LogP contribution in [0.1, 0.15) is 0 Å². The number of hydrogen-bond acceptors (Lipinski definition) is 4. The van der Waals surface area contributed by atoms with Crippen LogP contribution in [0.2, 0.25) is 0 Å². The van der Waals surface area contributed by atoms with Gasteiger partial charge in [0.05, 0.1) is 12.5 Å². The van der Waals surface area contributed by atoms with E-state index in [4.69, 9.17) is 9.47 Å². The lowest BCUT2D eigenvalue weighted by Gasteiger charge is -2.10. The number of hydrogen-bond donors (Lipinski definition) is 2. The highest BCUT2D eigenvalue weighted by Crippen LogP contribution is 2.22. The van der Waals surface area contributed by atoms with Gasteiger partial charge in [-0.2, -0.15) is 0 Å². The Labute approximate surface area is 138 Å². The van der Waals surface area contributed by atoms with E-state index in [1.807, 2.05) is 0 Å². The topological polar surface area (TPSA) is 80.4 Å². The summed E-state index contributed by atoms with van der Waals surface area (Å²) in [6, 6.07) is 13.9. The van der Waals surface area contributed by atoms with Crippen molar-refractivity contribution in [2.24, 2.45) is 0 Å². The van der Waals surface area contributed by atoms with Crippen molar-refractivity contribution < 1.29 is 14.3 Å². The third-order valence-corrected chi connectivity index (χ3v) is 3.49. The van der Waals surface area contributed by atoms with Crippen molar-refractivity contribution >= 4 is 22.4 Å². The molecule has 0 unspecified atom stereocenters. The van der Waals surface area contributed by atoms with Crippen LogP contribution in [0.5, 0.6) is 11.5 Å². The van der Waals surface area contributed by atoms with Gasteiger partial charge >= 0.3 is 0 Å². The van der Waals surface area contributed by atoms with Crippen molar-refractivity contribution in [2.75, 3.05) is 19.0 Å². The minimum atomic E-state index is -0.301. The van der Waals surface area contributed by atoms with Crippen LogP contribution < -0.4 is 20.3 Å². The number of aromatic nitrogens is 1. The van der Waals surface area contributed by atoms with Crippen molar-refractivity contribution in [3.8, 4) is 11.5 Å². The second kappa shape index (κ2) is 6.87. The molecular weight excluding hydrogens is 308 g/mol. The number of H-pyrrole nitrogens is 1. The first-order valence-corrected chi connectivity index (χ1v) is 7.34. The summed E-state index contributed by atoms with van der Waals surface area (Å²) in [5.41, 5.74) is 0.427. The average Bonchev–Trinajstić information content (AvgIpc) is 2.60. The van der Waals surface area contributed by atoms with Gasteiger partial charge in [-0.3, -0.25) is 9.59 Å². The van der Waals surface area contributed by atoms with E-state index < -0.39 is 0 Å². The van der Waals surface area contributed by atoms with Gasteiger partial charge in [0.25, 0.3) is 11.5 Å². The average molecular weight is 324 g/mol. The minimum Gasteiger partial charge on any atom is -0.497 e. The first-order valence-electron chi connectivity index (χ1n) is 7.34. The SMILES string of the molecule is COc1cccc(NC(=O)COc2cccc3c(=O)[nH]ccc23)c1. The molecule has 0 saturated heterocycles. The summed E-state index contributed by atoms with van der Waals surface area (Å²) in [6.07, 6.45) is 1.55. The summed E-state index contributed by atoms with van der Waals surface area (Å²) in [7, 11) is 1.56. The van der Waals surface area contributed by atoms with E-state index in [9.17, 15) is 9.59 Å². The monoisotopic (exact) mass is 324 g/mol. The van der Waals surface area contributed by atoms with Crippen molar-refractivity contribution in [3.63, 3.8) is 0 Å². The largest absolute Gasteiger partial charge is 0.497 e. The van der Waals surface area contributed by atoms with Gasteiger partial charge in [0, 0.05) is 23.3 Å². The first kappa shape index (κ1) is 15.6. The van der Waals surface area contributed by atoms with Crippen LogP contribution in [0.4, 0.5) is 5.69 Å². The van der Waals surface area contributed by atoms with Crippen molar-refractivity contribution in [3.05, 3.63) is 65.1 Å². The molecule has 1 heterocycles. The van der Waals surface area contributed by atoms with Crippen LogP contribution in [-0.4, -0.2) is 24.6 Å². The Balaban J connectivity index is 1.70. The van der Waals surface area contributed by atoms with Gasteiger partial charge in [0.15, 0.2) is 6.61 Å². The highest BCUT2D eigenvalue weighted by atomic mass is 16.5. The van der Waals surface area contributed by atoms with Gasteiger partial charge in [0.2, 0.25) is 0 Å². The van der Waals surface area contributed by atoms with Crippen molar-refractivity contribution in [1.29, 1.82) is 0 Å². The molecule has 1 aromatic heterocycles. The number of amides is 1. The van der Waals surface area contributed by atoms with Crippen LogP contribution in [0.3, 0.4) is 0 Å². The summed E-state index contributed by atoms with van der Waals surface area (Å²) in [5, 5.41) is 3.91. The quantitative estimate of drug-likeness (QED) is 0.756. The molecule has 0 saturated carbocycles. The second-order valence-electron chi connectivity index (χ2n) is 5.09. The molecule has 3 rings (SSSR count). The predicted molar refractivity (Wildman–Crippen MR) is 91.7 cm³/mol. The number of carbonyl (C=O) groups excluding carboxylic acids is 1. The van der Waals surface area contributed by atoms with E-state index in [0.717, 1.165) is 0 Å². The zero-order valence-corrected chi connectivity index (χ0v) is 13.0. The molecule has 0 atom stereocenters. The molecule has 3 aromatic rings. The molecule has 0 radical (unpaired) electrons. The first-order chi connectivity index (χ1) is 11.7. The number of ether oxygens (including phenoxy) is 2. The molecule has 0 spiro atoms. The number of methoxy groups -OCH3 is 1. The highest BCUT2D eigenvalue weighted by molar-refractivity contribution is 5.93. The molecule has 0 bridgehead atoms. The number of pyridine rings is 1. The standard InChI is InChI=1S/C18H16N2O4/c1-23-13-5-2-4-12(10-13)20-17(21)11-24-16-7-3-6-15-14(16)8-9-19-18(15)22/h2-10H,11H2,1H3,(H,19,22)(H,20,21). The van der Waals surface area contributed by atoms with E-state index in [-0.39, 0.29) is 18.1 Å². The lowest BCUT2D eigenvalue weighted by Crippen LogP contribution is -2.20. The van der Waals surface area contributed by atoms with Crippen LogP contribution in [0, 0.1) is 0 Å². The second-order valence-corrected chi connectivity index (χ2v) is 5.09. The van der Waals surface area contributed by atoms with Crippen molar-refractivity contribution in [1.82, 2.24) is 4.98 Å². The third-order valence-electron chi connectivity index (χ3n) is 3.49.